The standard InChI is InChI=1S/C27H25F2N5O/c28-21-10-8-17(9-11-21)14-34-25-20(12-23(26(34)35)22-6-1-2-7-24(22)29)13-30-27(31-25)32-33-15-18-4-3-5-19(18)16-33/h1-2,6-13,18-19H,3-5,14-16H2,(H,30,31,32). The minimum Gasteiger partial charge on any atom is -0.288 e. The lowest BCUT2D eigenvalue weighted by Crippen LogP contribution is -2.30. The first kappa shape index (κ1) is 21.9. The SMILES string of the molecule is O=c1c(-c2ccccc2F)cc2cnc(NN3CC4CCCC4C3)nc2n1Cc1ccc(F)cc1. The Morgan fingerprint density at radius 2 is 1.71 bits per heavy atom. The van der Waals surface area contributed by atoms with Crippen molar-refractivity contribution in [3.63, 3.8) is 0 Å². The summed E-state index contributed by atoms with van der Waals surface area (Å²) in [6, 6.07) is 13.8. The first-order chi connectivity index (χ1) is 17.0. The second kappa shape index (κ2) is 8.85. The average molecular weight is 474 g/mol. The summed E-state index contributed by atoms with van der Waals surface area (Å²) in [6.07, 6.45) is 5.48. The molecule has 1 N–H and O–H groups in total. The highest BCUT2D eigenvalue weighted by molar-refractivity contribution is 5.81. The molecule has 0 amide bonds. The van der Waals surface area contributed by atoms with E-state index in [-0.39, 0.29) is 29.0 Å². The molecule has 0 radical (unpaired) electrons. The molecule has 1 aliphatic heterocycles. The highest BCUT2D eigenvalue weighted by Crippen LogP contribution is 2.37. The molecule has 2 unspecified atom stereocenters. The van der Waals surface area contributed by atoms with Gasteiger partial charge in [0.1, 0.15) is 17.3 Å². The minimum atomic E-state index is -0.476. The van der Waals surface area contributed by atoms with Gasteiger partial charge in [-0.05, 0) is 54.5 Å². The third kappa shape index (κ3) is 4.18. The van der Waals surface area contributed by atoms with Gasteiger partial charge in [0.2, 0.25) is 5.95 Å². The van der Waals surface area contributed by atoms with Gasteiger partial charge in [0.15, 0.2) is 0 Å². The lowest BCUT2D eigenvalue weighted by molar-refractivity contribution is 0.369. The molecule has 6 rings (SSSR count). The van der Waals surface area contributed by atoms with Crippen LogP contribution in [0.15, 0.2) is 65.6 Å². The van der Waals surface area contributed by atoms with Crippen molar-refractivity contribution >= 4 is 17.0 Å². The van der Waals surface area contributed by atoms with Crippen LogP contribution in [0.3, 0.4) is 0 Å². The molecule has 3 heterocycles. The average Bonchev–Trinajstić information content (AvgIpc) is 3.45. The van der Waals surface area contributed by atoms with E-state index in [2.05, 4.69) is 15.4 Å². The molecular formula is C27H25F2N5O. The molecule has 1 saturated heterocycles. The Bertz CT molecular complexity index is 1440. The van der Waals surface area contributed by atoms with E-state index < -0.39 is 5.82 Å². The minimum absolute atomic E-state index is 0.169. The fraction of sp³-hybridized carbons (Fsp3) is 0.296. The fourth-order valence-corrected chi connectivity index (χ4v) is 5.47. The van der Waals surface area contributed by atoms with E-state index in [1.54, 1.807) is 42.6 Å². The maximum Gasteiger partial charge on any atom is 0.260 e. The molecule has 2 aliphatic rings. The van der Waals surface area contributed by atoms with E-state index in [1.807, 2.05) is 0 Å². The Hall–Kier alpha value is -3.65. The van der Waals surface area contributed by atoms with Crippen molar-refractivity contribution in [3.05, 3.63) is 88.3 Å². The van der Waals surface area contributed by atoms with Crippen LogP contribution in [0.4, 0.5) is 14.7 Å². The molecule has 35 heavy (non-hydrogen) atoms. The van der Waals surface area contributed by atoms with Crippen LogP contribution in [-0.2, 0) is 6.54 Å². The van der Waals surface area contributed by atoms with Crippen molar-refractivity contribution < 1.29 is 8.78 Å². The van der Waals surface area contributed by atoms with E-state index in [4.69, 9.17) is 4.98 Å². The highest BCUT2D eigenvalue weighted by Gasteiger charge is 2.36. The van der Waals surface area contributed by atoms with Gasteiger partial charge >= 0.3 is 0 Å². The molecule has 1 aliphatic carbocycles. The number of hydrogen-bond acceptors (Lipinski definition) is 5. The number of halogens is 2. The number of pyridine rings is 1. The summed E-state index contributed by atoms with van der Waals surface area (Å²) < 4.78 is 29.6. The predicted octanol–water partition coefficient (Wildman–Crippen LogP) is 4.84. The van der Waals surface area contributed by atoms with Gasteiger partial charge in [-0.3, -0.25) is 14.8 Å². The molecule has 2 aromatic carbocycles. The fourth-order valence-electron chi connectivity index (χ4n) is 5.47. The van der Waals surface area contributed by atoms with Crippen molar-refractivity contribution in [3.8, 4) is 11.1 Å². The first-order valence-electron chi connectivity index (χ1n) is 12.0. The van der Waals surface area contributed by atoms with Crippen molar-refractivity contribution in [2.24, 2.45) is 11.8 Å². The summed E-state index contributed by atoms with van der Waals surface area (Å²) in [5.41, 5.74) is 4.58. The Morgan fingerprint density at radius 1 is 0.971 bits per heavy atom. The number of hydrogen-bond donors (Lipinski definition) is 1. The van der Waals surface area contributed by atoms with E-state index >= 15 is 0 Å². The molecule has 8 heteroatoms. The molecule has 1 saturated carbocycles. The van der Waals surface area contributed by atoms with E-state index in [1.165, 1.54) is 42.0 Å². The maximum atomic E-state index is 14.6. The summed E-state index contributed by atoms with van der Waals surface area (Å²) in [7, 11) is 0. The van der Waals surface area contributed by atoms with Crippen LogP contribution in [-0.4, -0.2) is 32.6 Å². The third-order valence-corrected chi connectivity index (χ3v) is 7.23. The number of fused-ring (bicyclic) bond motifs is 2. The van der Waals surface area contributed by atoms with Crippen LogP contribution in [0, 0.1) is 23.5 Å². The van der Waals surface area contributed by atoms with Gasteiger partial charge in [-0.25, -0.2) is 18.8 Å². The topological polar surface area (TPSA) is 63.1 Å². The summed E-state index contributed by atoms with van der Waals surface area (Å²) >= 11 is 0. The zero-order chi connectivity index (χ0) is 23.9. The number of hydrazine groups is 1. The highest BCUT2D eigenvalue weighted by atomic mass is 19.1. The predicted molar refractivity (Wildman–Crippen MR) is 131 cm³/mol. The van der Waals surface area contributed by atoms with E-state index in [9.17, 15) is 13.6 Å². The molecule has 2 fully saturated rings. The van der Waals surface area contributed by atoms with Gasteiger partial charge in [0, 0.05) is 30.2 Å². The van der Waals surface area contributed by atoms with Crippen LogP contribution in [0.1, 0.15) is 24.8 Å². The maximum absolute atomic E-state index is 14.6. The van der Waals surface area contributed by atoms with E-state index in [0.29, 0.717) is 28.8 Å². The Kier molecular flexibility index (Phi) is 5.53. The molecule has 2 atom stereocenters. The Balaban J connectivity index is 1.43. The summed E-state index contributed by atoms with van der Waals surface area (Å²) in [6.45, 7) is 2.09. The number of rotatable bonds is 5. The second-order valence-electron chi connectivity index (χ2n) is 9.50. The summed E-state index contributed by atoms with van der Waals surface area (Å²) in [4.78, 5) is 22.8. The third-order valence-electron chi connectivity index (χ3n) is 7.23. The number of aromatic nitrogens is 3. The molecule has 6 nitrogen and oxygen atoms in total. The molecule has 2 aromatic heterocycles. The first-order valence-corrected chi connectivity index (χ1v) is 12.0. The number of nitrogens with one attached hydrogen (secondary N) is 1. The summed E-state index contributed by atoms with van der Waals surface area (Å²) in [5, 5.41) is 2.78. The van der Waals surface area contributed by atoms with Gasteiger partial charge < -0.3 is 0 Å². The normalized spacial score (nSPS) is 19.8. The zero-order valence-corrected chi connectivity index (χ0v) is 19.1. The van der Waals surface area contributed by atoms with Gasteiger partial charge in [-0.2, -0.15) is 4.98 Å². The van der Waals surface area contributed by atoms with Gasteiger partial charge in [-0.15, -0.1) is 0 Å². The molecular weight excluding hydrogens is 448 g/mol. The summed E-state index contributed by atoms with van der Waals surface area (Å²) in [5.74, 6) is 1.01. The van der Waals surface area contributed by atoms with Crippen molar-refractivity contribution in [1.82, 2.24) is 19.5 Å². The number of nitrogens with zero attached hydrogens (tertiary/aromatic N) is 4. The molecule has 178 valence electrons. The lowest BCUT2D eigenvalue weighted by Gasteiger charge is -2.19. The molecule has 0 bridgehead atoms. The quantitative estimate of drug-likeness (QED) is 0.449. The second-order valence-corrected chi connectivity index (χ2v) is 9.50. The van der Waals surface area contributed by atoms with Crippen LogP contribution >= 0.6 is 0 Å². The van der Waals surface area contributed by atoms with Crippen LogP contribution in [0.5, 0.6) is 0 Å². The van der Waals surface area contributed by atoms with Gasteiger partial charge in [0.25, 0.3) is 5.56 Å². The number of benzene rings is 2. The van der Waals surface area contributed by atoms with Crippen LogP contribution in [0.25, 0.3) is 22.2 Å². The van der Waals surface area contributed by atoms with E-state index in [0.717, 1.165) is 18.7 Å². The smallest absolute Gasteiger partial charge is 0.260 e. The van der Waals surface area contributed by atoms with Crippen molar-refractivity contribution in [2.75, 3.05) is 18.5 Å². The van der Waals surface area contributed by atoms with Crippen molar-refractivity contribution in [1.29, 1.82) is 0 Å². The van der Waals surface area contributed by atoms with Crippen molar-refractivity contribution in [2.45, 2.75) is 25.8 Å². The van der Waals surface area contributed by atoms with Gasteiger partial charge in [-0.1, -0.05) is 36.8 Å². The largest absolute Gasteiger partial charge is 0.288 e. The van der Waals surface area contributed by atoms with Crippen LogP contribution < -0.4 is 11.0 Å². The monoisotopic (exact) mass is 473 g/mol. The Morgan fingerprint density at radius 3 is 2.46 bits per heavy atom. The Labute approximate surface area is 201 Å². The lowest BCUT2D eigenvalue weighted by atomic mass is 10.0. The molecule has 4 aromatic rings. The number of anilines is 1. The molecule has 0 spiro atoms. The zero-order valence-electron chi connectivity index (χ0n) is 19.1. The van der Waals surface area contributed by atoms with Gasteiger partial charge in [0.05, 0.1) is 12.1 Å². The van der Waals surface area contributed by atoms with Crippen LogP contribution in [0.2, 0.25) is 0 Å².